The van der Waals surface area contributed by atoms with Gasteiger partial charge in [-0.2, -0.15) is 0 Å². The van der Waals surface area contributed by atoms with Gasteiger partial charge in [0.2, 0.25) is 5.91 Å². The number of carbonyl (C=O) groups excluding carboxylic acids is 2. The Balaban J connectivity index is 1.77. The Kier molecular flexibility index (Phi) is 11.9. The second-order valence-corrected chi connectivity index (χ2v) is 10.1. The topological polar surface area (TPSA) is 64.0 Å². The molecule has 0 radical (unpaired) electrons. The van der Waals surface area contributed by atoms with Crippen molar-refractivity contribution in [3.63, 3.8) is 0 Å². The van der Waals surface area contributed by atoms with Gasteiger partial charge in [-0.3, -0.25) is 9.59 Å². The molecular formula is C30H38BrN3O4. The summed E-state index contributed by atoms with van der Waals surface area (Å²) in [4.78, 5) is 30.6. The van der Waals surface area contributed by atoms with Crippen LogP contribution in [-0.2, 0) is 22.6 Å². The highest BCUT2D eigenvalue weighted by molar-refractivity contribution is 9.10. The zero-order valence-electron chi connectivity index (χ0n) is 22.6. The first-order valence-corrected chi connectivity index (χ1v) is 13.8. The lowest BCUT2D eigenvalue weighted by atomic mass is 10.1. The summed E-state index contributed by atoms with van der Waals surface area (Å²) in [6, 6.07) is 19.4. The van der Waals surface area contributed by atoms with Crippen molar-refractivity contribution in [2.75, 3.05) is 40.5 Å². The quantitative estimate of drug-likeness (QED) is 0.218. The zero-order valence-corrected chi connectivity index (χ0v) is 24.2. The first-order valence-electron chi connectivity index (χ1n) is 13.0. The number of hydrogen-bond donors (Lipinski definition) is 0. The Hall–Kier alpha value is -3.10. The molecule has 3 aromatic rings. The summed E-state index contributed by atoms with van der Waals surface area (Å²) >= 11 is 3.49. The summed E-state index contributed by atoms with van der Waals surface area (Å²) in [5.74, 6) is 0.348. The van der Waals surface area contributed by atoms with Crippen LogP contribution in [0, 0.1) is 0 Å². The fourth-order valence-corrected chi connectivity index (χ4v) is 4.49. The molecule has 3 rings (SSSR count). The monoisotopic (exact) mass is 583 g/mol. The second-order valence-electron chi connectivity index (χ2n) is 9.23. The number of carbonyl (C=O) groups is 2. The molecule has 204 valence electrons. The lowest BCUT2D eigenvalue weighted by molar-refractivity contribution is -0.132. The van der Waals surface area contributed by atoms with Crippen LogP contribution < -0.4 is 4.74 Å². The SMILES string of the molecule is CCCCN(Cc1cccn1Cc1ccc(Br)cc1)C(=O)CN(CCCOC)C(=O)c1cccc(OC)c1. The van der Waals surface area contributed by atoms with Crippen molar-refractivity contribution < 1.29 is 19.1 Å². The molecule has 0 unspecified atom stereocenters. The minimum Gasteiger partial charge on any atom is -0.497 e. The molecule has 0 N–H and O–H groups in total. The second kappa shape index (κ2) is 15.3. The highest BCUT2D eigenvalue weighted by Gasteiger charge is 2.23. The smallest absolute Gasteiger partial charge is 0.254 e. The number of aromatic nitrogens is 1. The van der Waals surface area contributed by atoms with Crippen LogP contribution in [-0.4, -0.2) is 66.6 Å². The highest BCUT2D eigenvalue weighted by atomic mass is 79.9. The van der Waals surface area contributed by atoms with Gasteiger partial charge in [-0.05, 0) is 60.9 Å². The standard InChI is InChI=1S/C30H38BrN3O4/c1-4-5-16-33(22-27-10-7-17-32(27)21-24-12-14-26(31)15-13-24)29(35)23-34(18-8-19-37-2)30(36)25-9-6-11-28(20-25)38-3/h6-7,9-15,17,20H,4-5,8,16,18-19,21-23H2,1-3H3. The van der Waals surface area contributed by atoms with Gasteiger partial charge in [0, 0.05) is 55.3 Å². The summed E-state index contributed by atoms with van der Waals surface area (Å²) in [6.07, 6.45) is 4.56. The van der Waals surface area contributed by atoms with E-state index in [9.17, 15) is 9.59 Å². The molecule has 38 heavy (non-hydrogen) atoms. The van der Waals surface area contributed by atoms with Crippen LogP contribution in [0.2, 0.25) is 0 Å². The normalized spacial score (nSPS) is 10.8. The summed E-state index contributed by atoms with van der Waals surface area (Å²) < 4.78 is 13.7. The summed E-state index contributed by atoms with van der Waals surface area (Å²) in [5.41, 5.74) is 2.74. The van der Waals surface area contributed by atoms with E-state index in [0.717, 1.165) is 29.6 Å². The molecule has 0 aliphatic carbocycles. The lowest BCUT2D eigenvalue weighted by Gasteiger charge is -2.28. The fraction of sp³-hybridized carbons (Fsp3) is 0.400. The number of hydrogen-bond acceptors (Lipinski definition) is 4. The summed E-state index contributed by atoms with van der Waals surface area (Å²) in [6.45, 7) is 4.91. The number of benzene rings is 2. The van der Waals surface area contributed by atoms with Gasteiger partial charge >= 0.3 is 0 Å². The first kappa shape index (κ1) is 29.5. The summed E-state index contributed by atoms with van der Waals surface area (Å²) in [7, 11) is 3.21. The number of rotatable bonds is 15. The maximum absolute atomic E-state index is 13.6. The van der Waals surface area contributed by atoms with Crippen LogP contribution in [0.4, 0.5) is 0 Å². The third-order valence-electron chi connectivity index (χ3n) is 6.38. The zero-order chi connectivity index (χ0) is 27.3. The van der Waals surface area contributed by atoms with Crippen LogP contribution in [0.25, 0.3) is 0 Å². The van der Waals surface area contributed by atoms with Crippen LogP contribution >= 0.6 is 15.9 Å². The maximum Gasteiger partial charge on any atom is 0.254 e. The Morgan fingerprint density at radius 2 is 1.71 bits per heavy atom. The summed E-state index contributed by atoms with van der Waals surface area (Å²) in [5, 5.41) is 0. The molecule has 7 nitrogen and oxygen atoms in total. The van der Waals surface area contributed by atoms with Crippen molar-refractivity contribution in [1.82, 2.24) is 14.4 Å². The molecule has 0 saturated heterocycles. The molecule has 0 bridgehead atoms. The molecule has 2 aromatic carbocycles. The molecule has 0 aliphatic rings. The molecule has 0 aliphatic heterocycles. The Morgan fingerprint density at radius 1 is 0.947 bits per heavy atom. The van der Waals surface area contributed by atoms with Gasteiger partial charge in [-0.1, -0.05) is 47.5 Å². The van der Waals surface area contributed by atoms with Gasteiger partial charge in [-0.25, -0.2) is 0 Å². The van der Waals surface area contributed by atoms with E-state index in [0.29, 0.717) is 44.0 Å². The van der Waals surface area contributed by atoms with Crippen molar-refractivity contribution in [1.29, 1.82) is 0 Å². The number of halogens is 1. The van der Waals surface area contributed by atoms with Crippen molar-refractivity contribution >= 4 is 27.7 Å². The van der Waals surface area contributed by atoms with E-state index in [1.165, 1.54) is 5.56 Å². The molecule has 0 saturated carbocycles. The van der Waals surface area contributed by atoms with E-state index in [1.807, 2.05) is 29.3 Å². The predicted molar refractivity (Wildman–Crippen MR) is 153 cm³/mol. The Morgan fingerprint density at radius 3 is 2.42 bits per heavy atom. The largest absolute Gasteiger partial charge is 0.497 e. The third kappa shape index (κ3) is 8.74. The minimum atomic E-state index is -0.192. The fourth-order valence-electron chi connectivity index (χ4n) is 4.22. The number of ether oxygens (including phenoxy) is 2. The van der Waals surface area contributed by atoms with Crippen LogP contribution in [0.15, 0.2) is 71.3 Å². The van der Waals surface area contributed by atoms with E-state index < -0.39 is 0 Å². The third-order valence-corrected chi connectivity index (χ3v) is 6.91. The van der Waals surface area contributed by atoms with Crippen LogP contribution in [0.1, 0.15) is 47.8 Å². The van der Waals surface area contributed by atoms with E-state index >= 15 is 0 Å². The average molecular weight is 585 g/mol. The number of methoxy groups -OCH3 is 2. The molecule has 1 aromatic heterocycles. The number of nitrogens with zero attached hydrogens (tertiary/aromatic N) is 3. The van der Waals surface area contributed by atoms with Gasteiger partial charge < -0.3 is 23.8 Å². The molecular weight excluding hydrogens is 546 g/mol. The van der Waals surface area contributed by atoms with Crippen molar-refractivity contribution in [2.24, 2.45) is 0 Å². The van der Waals surface area contributed by atoms with Crippen molar-refractivity contribution in [3.05, 3.63) is 88.2 Å². The maximum atomic E-state index is 13.6. The average Bonchev–Trinajstić information content (AvgIpc) is 3.37. The molecule has 0 spiro atoms. The van der Waals surface area contributed by atoms with E-state index in [2.05, 4.69) is 45.6 Å². The highest BCUT2D eigenvalue weighted by Crippen LogP contribution is 2.17. The molecule has 2 amide bonds. The van der Waals surface area contributed by atoms with Gasteiger partial charge in [0.1, 0.15) is 12.3 Å². The first-order chi connectivity index (χ1) is 18.4. The molecule has 0 fully saturated rings. The van der Waals surface area contributed by atoms with Gasteiger partial charge in [0.25, 0.3) is 5.91 Å². The van der Waals surface area contributed by atoms with Gasteiger partial charge in [0.05, 0.1) is 13.7 Å². The van der Waals surface area contributed by atoms with Crippen molar-refractivity contribution in [2.45, 2.75) is 39.3 Å². The van der Waals surface area contributed by atoms with Crippen molar-refractivity contribution in [3.8, 4) is 5.75 Å². The number of unbranched alkanes of at least 4 members (excludes halogenated alkanes) is 1. The predicted octanol–water partition coefficient (Wildman–Crippen LogP) is 5.62. The van der Waals surface area contributed by atoms with E-state index in [4.69, 9.17) is 9.47 Å². The molecule has 8 heteroatoms. The van der Waals surface area contributed by atoms with E-state index in [1.54, 1.807) is 43.4 Å². The Bertz CT molecular complexity index is 1160. The van der Waals surface area contributed by atoms with E-state index in [-0.39, 0.29) is 18.4 Å². The molecule has 0 atom stereocenters. The van der Waals surface area contributed by atoms with Gasteiger partial charge in [-0.15, -0.1) is 0 Å². The number of amides is 2. The van der Waals surface area contributed by atoms with Crippen LogP contribution in [0.3, 0.4) is 0 Å². The molecule has 1 heterocycles. The Labute approximate surface area is 234 Å². The minimum absolute atomic E-state index is 0.0108. The van der Waals surface area contributed by atoms with Crippen LogP contribution in [0.5, 0.6) is 5.75 Å². The lowest BCUT2D eigenvalue weighted by Crippen LogP contribution is -2.43. The van der Waals surface area contributed by atoms with Gasteiger partial charge in [0.15, 0.2) is 0 Å².